The van der Waals surface area contributed by atoms with Gasteiger partial charge in [-0.3, -0.25) is 0 Å². The molecule has 2 aliphatic rings. The van der Waals surface area contributed by atoms with Gasteiger partial charge in [-0.25, -0.2) is 0 Å². The van der Waals surface area contributed by atoms with Gasteiger partial charge >= 0.3 is 0 Å². The molecule has 0 aromatic carbocycles. The molecule has 0 aromatic heterocycles. The summed E-state index contributed by atoms with van der Waals surface area (Å²) in [5.74, 6) is -0.730. The van der Waals surface area contributed by atoms with Crippen LogP contribution in [0, 0.1) is 0 Å². The maximum atomic E-state index is 10.1. The van der Waals surface area contributed by atoms with E-state index in [4.69, 9.17) is 14.2 Å². The maximum Gasteiger partial charge on any atom is 0.190 e. The third-order valence-electron chi connectivity index (χ3n) is 3.16. The molecule has 0 spiro atoms. The fourth-order valence-electron chi connectivity index (χ4n) is 2.20. The summed E-state index contributed by atoms with van der Waals surface area (Å²) in [7, 11) is 0. The van der Waals surface area contributed by atoms with Crippen molar-refractivity contribution in [3.05, 3.63) is 0 Å². The fraction of sp³-hybridized carbons (Fsp3) is 1.00. The Bertz CT molecular complexity index is 254. The van der Waals surface area contributed by atoms with Crippen molar-refractivity contribution in [3.63, 3.8) is 0 Å². The van der Waals surface area contributed by atoms with Crippen molar-refractivity contribution in [3.8, 4) is 0 Å². The van der Waals surface area contributed by atoms with Crippen LogP contribution in [0.4, 0.5) is 0 Å². The van der Waals surface area contributed by atoms with E-state index >= 15 is 0 Å². The van der Waals surface area contributed by atoms with Gasteiger partial charge in [0.2, 0.25) is 0 Å². The zero-order valence-electron chi connectivity index (χ0n) is 9.84. The van der Waals surface area contributed by atoms with E-state index < -0.39 is 29.9 Å². The zero-order valence-corrected chi connectivity index (χ0v) is 12.7. The average Bonchev–Trinajstić information content (AvgIpc) is 2.59. The molecule has 1 radical (unpaired) electrons. The summed E-state index contributed by atoms with van der Waals surface area (Å²) in [6, 6.07) is 0. The van der Waals surface area contributed by atoms with Crippen LogP contribution >= 0.6 is 0 Å². The molecule has 0 aromatic rings. The van der Waals surface area contributed by atoms with Crippen LogP contribution in [0.1, 0.15) is 27.2 Å². The van der Waals surface area contributed by atoms with Gasteiger partial charge in [0.25, 0.3) is 0 Å². The fourth-order valence-corrected chi connectivity index (χ4v) is 2.20. The molecule has 2 fully saturated rings. The first-order chi connectivity index (χ1) is 6.94. The Labute approximate surface area is 120 Å². The van der Waals surface area contributed by atoms with E-state index in [2.05, 4.69) is 0 Å². The minimum Gasteiger partial charge on any atom is -0.393 e. The van der Waals surface area contributed by atoms with Crippen LogP contribution in [0.15, 0.2) is 0 Å². The largest absolute Gasteiger partial charge is 0.393 e. The second-order valence-corrected chi connectivity index (χ2v) is 4.61. The van der Waals surface area contributed by atoms with E-state index in [9.17, 15) is 10.2 Å². The molecule has 0 amide bonds. The first-order valence-electron chi connectivity index (χ1n) is 5.26. The minimum atomic E-state index is -0.939. The summed E-state index contributed by atoms with van der Waals surface area (Å²) in [5, 5.41) is 19.3. The van der Waals surface area contributed by atoms with Gasteiger partial charge in [-0.15, -0.1) is 0 Å². The number of hydrogen-bond donors (Lipinski definition) is 2. The Morgan fingerprint density at radius 1 is 1.19 bits per heavy atom. The van der Waals surface area contributed by atoms with E-state index in [0.717, 1.165) is 0 Å². The van der Waals surface area contributed by atoms with Gasteiger partial charge in [0, 0.05) is 32.7 Å². The van der Waals surface area contributed by atoms with Crippen molar-refractivity contribution in [1.82, 2.24) is 0 Å². The molecule has 2 N–H and O–H groups in total. The molecule has 91 valence electrons. The van der Waals surface area contributed by atoms with Gasteiger partial charge in [-0.1, -0.05) is 6.92 Å². The third kappa shape index (κ3) is 2.24. The first-order valence-corrected chi connectivity index (χ1v) is 5.26. The second kappa shape index (κ2) is 4.88. The molecule has 2 aliphatic heterocycles. The van der Waals surface area contributed by atoms with Gasteiger partial charge in [-0.2, -0.15) is 0 Å². The van der Waals surface area contributed by atoms with Crippen LogP contribution in [0.5, 0.6) is 0 Å². The van der Waals surface area contributed by atoms with Gasteiger partial charge in [0.05, 0.1) is 6.61 Å². The van der Waals surface area contributed by atoms with Crippen LogP contribution in [0.3, 0.4) is 0 Å². The Morgan fingerprint density at radius 2 is 1.81 bits per heavy atom. The Hall–Kier alpha value is 0.904. The molecule has 1 unspecified atom stereocenters. The SMILES string of the molecule is CC[C@@]1(CO)O[C@H]2OC(C)(C)O[C@H]2C1O.[Y]. The summed E-state index contributed by atoms with van der Waals surface area (Å²) in [5.41, 5.74) is -0.939. The van der Waals surface area contributed by atoms with Crippen molar-refractivity contribution >= 4 is 0 Å². The molecule has 2 heterocycles. The predicted molar refractivity (Wildman–Crippen MR) is 51.0 cm³/mol. The molecule has 0 saturated carbocycles. The molecule has 6 heteroatoms. The topological polar surface area (TPSA) is 68.2 Å². The van der Waals surface area contributed by atoms with Crippen molar-refractivity contribution in [2.75, 3.05) is 6.61 Å². The summed E-state index contributed by atoms with van der Waals surface area (Å²) in [6.07, 6.45) is -1.42. The summed E-state index contributed by atoms with van der Waals surface area (Å²) >= 11 is 0. The van der Waals surface area contributed by atoms with Crippen molar-refractivity contribution < 1.29 is 57.1 Å². The van der Waals surface area contributed by atoms with E-state index in [0.29, 0.717) is 6.42 Å². The van der Waals surface area contributed by atoms with E-state index in [-0.39, 0.29) is 39.3 Å². The number of rotatable bonds is 2. The Morgan fingerprint density at radius 3 is 2.25 bits per heavy atom. The second-order valence-electron chi connectivity index (χ2n) is 4.61. The van der Waals surface area contributed by atoms with E-state index in [1.54, 1.807) is 13.8 Å². The number of aliphatic hydroxyl groups excluding tert-OH is 2. The minimum absolute atomic E-state index is 0. The normalized spacial score (nSPS) is 45.2. The Kier molecular flexibility index (Phi) is 4.56. The number of hydrogen-bond acceptors (Lipinski definition) is 5. The Balaban J connectivity index is 0.00000128. The monoisotopic (exact) mass is 307 g/mol. The van der Waals surface area contributed by atoms with Gasteiger partial charge in [0.15, 0.2) is 12.1 Å². The summed E-state index contributed by atoms with van der Waals surface area (Å²) in [6.45, 7) is 5.17. The van der Waals surface area contributed by atoms with E-state index in [1.807, 2.05) is 6.92 Å². The molecule has 2 rings (SSSR count). The molecular formula is C10H18O5Y. The molecule has 16 heavy (non-hydrogen) atoms. The maximum absolute atomic E-state index is 10.1. The average molecular weight is 307 g/mol. The van der Waals surface area contributed by atoms with Crippen LogP contribution in [-0.2, 0) is 46.9 Å². The third-order valence-corrected chi connectivity index (χ3v) is 3.16. The smallest absolute Gasteiger partial charge is 0.190 e. The molecule has 0 aliphatic carbocycles. The predicted octanol–water partition coefficient (Wildman–Crippen LogP) is -0.00630. The van der Waals surface area contributed by atoms with Crippen molar-refractivity contribution in [2.24, 2.45) is 0 Å². The standard InChI is InChI=1S/C10H18O5.Y/c1-4-10(5-11)7(12)6-8(15-10)14-9(2,3)13-6;/h6-8,11-12H,4-5H2,1-3H3;/t6-,7?,8+,10-;/m0./s1. The van der Waals surface area contributed by atoms with Crippen LogP contribution in [0.25, 0.3) is 0 Å². The van der Waals surface area contributed by atoms with Crippen molar-refractivity contribution in [2.45, 2.75) is 57.1 Å². The van der Waals surface area contributed by atoms with Crippen LogP contribution in [0.2, 0.25) is 0 Å². The summed E-state index contributed by atoms with van der Waals surface area (Å²) < 4.78 is 16.6. The quantitative estimate of drug-likeness (QED) is 0.751. The number of fused-ring (bicyclic) bond motifs is 1. The first kappa shape index (κ1) is 15.0. The van der Waals surface area contributed by atoms with Gasteiger partial charge in [0.1, 0.15) is 17.8 Å². The van der Waals surface area contributed by atoms with Crippen LogP contribution in [-0.4, -0.2) is 46.7 Å². The van der Waals surface area contributed by atoms with Crippen LogP contribution < -0.4 is 0 Å². The molecule has 0 bridgehead atoms. The number of aliphatic hydroxyl groups is 2. The van der Waals surface area contributed by atoms with Gasteiger partial charge in [-0.05, 0) is 20.3 Å². The molecule has 4 atom stereocenters. The molecule has 2 saturated heterocycles. The van der Waals surface area contributed by atoms with Gasteiger partial charge < -0.3 is 24.4 Å². The molecule has 5 nitrogen and oxygen atoms in total. The molecular weight excluding hydrogens is 289 g/mol. The zero-order chi connectivity index (χ0) is 11.3. The number of ether oxygens (including phenoxy) is 3. The van der Waals surface area contributed by atoms with E-state index in [1.165, 1.54) is 0 Å². The van der Waals surface area contributed by atoms with Crippen molar-refractivity contribution in [1.29, 1.82) is 0 Å². The summed E-state index contributed by atoms with van der Waals surface area (Å²) in [4.78, 5) is 0.